The van der Waals surface area contributed by atoms with Crippen LogP contribution in [0, 0.1) is 0 Å². The molecule has 2 fully saturated rings. The van der Waals surface area contributed by atoms with Gasteiger partial charge in [-0.1, -0.05) is 11.6 Å². The first kappa shape index (κ1) is 21.8. The van der Waals surface area contributed by atoms with Crippen LogP contribution in [-0.4, -0.2) is 56.2 Å². The van der Waals surface area contributed by atoms with E-state index in [1.807, 2.05) is 0 Å². The number of rotatable bonds is 3. The van der Waals surface area contributed by atoms with Crippen LogP contribution >= 0.6 is 11.6 Å². The number of piperazine rings is 1. The largest absolute Gasteiger partial charge is 0.472 e. The van der Waals surface area contributed by atoms with Crippen LogP contribution in [0.5, 0.6) is 0 Å². The van der Waals surface area contributed by atoms with E-state index in [0.29, 0.717) is 12.1 Å². The van der Waals surface area contributed by atoms with Gasteiger partial charge >= 0.3 is 6.18 Å². The van der Waals surface area contributed by atoms with Crippen molar-refractivity contribution in [3.05, 3.63) is 47.3 Å². The molecule has 3 aromatic heterocycles. The Bertz CT molecular complexity index is 1230. The van der Waals surface area contributed by atoms with Crippen molar-refractivity contribution in [3.8, 4) is 11.1 Å². The quantitative estimate of drug-likeness (QED) is 0.553. The molecule has 0 radical (unpaired) electrons. The fraction of sp³-hybridized carbons (Fsp3) is 0.409. The Kier molecular flexibility index (Phi) is 5.15. The van der Waals surface area contributed by atoms with Crippen molar-refractivity contribution < 1.29 is 27.2 Å². The Labute approximate surface area is 191 Å². The number of fused-ring (bicyclic) bond motifs is 1. The van der Waals surface area contributed by atoms with Crippen LogP contribution in [0.25, 0.3) is 16.8 Å². The average molecular weight is 481 g/mol. The van der Waals surface area contributed by atoms with Gasteiger partial charge in [-0.25, -0.2) is 4.98 Å². The van der Waals surface area contributed by atoms with Crippen LogP contribution in [0.4, 0.5) is 13.2 Å². The molecule has 1 aliphatic carbocycles. The predicted octanol–water partition coefficient (Wildman–Crippen LogP) is 4.49. The number of alkyl halides is 3. The molecule has 3 aromatic rings. The van der Waals surface area contributed by atoms with Crippen LogP contribution in [0.15, 0.2) is 35.3 Å². The lowest BCUT2D eigenvalue weighted by Crippen LogP contribution is -2.60. The lowest BCUT2D eigenvalue weighted by atomic mass is 9.90. The third-order valence-corrected chi connectivity index (χ3v) is 6.78. The van der Waals surface area contributed by atoms with Crippen LogP contribution < -0.4 is 0 Å². The molecule has 0 bridgehead atoms. The number of nitrogens with zero attached hydrogens (tertiary/aromatic N) is 4. The highest BCUT2D eigenvalue weighted by atomic mass is 35.5. The third-order valence-electron chi connectivity index (χ3n) is 6.42. The number of carbonyl (C=O) groups excluding carboxylic acids is 2. The van der Waals surface area contributed by atoms with E-state index in [-0.39, 0.29) is 40.9 Å². The Hall–Kier alpha value is -3.01. The molecule has 4 heterocycles. The van der Waals surface area contributed by atoms with Gasteiger partial charge in [-0.3, -0.25) is 14.0 Å². The van der Waals surface area contributed by atoms with Gasteiger partial charge in [0, 0.05) is 36.0 Å². The minimum Gasteiger partial charge on any atom is -0.472 e. The van der Waals surface area contributed by atoms with E-state index in [0.717, 1.165) is 29.7 Å². The molecule has 0 spiro atoms. The molecule has 2 aliphatic rings. The van der Waals surface area contributed by atoms with E-state index in [4.69, 9.17) is 16.0 Å². The lowest BCUT2D eigenvalue weighted by Gasteiger charge is -2.45. The number of carbonyl (C=O) groups is 2. The fourth-order valence-electron chi connectivity index (χ4n) is 4.38. The zero-order valence-electron chi connectivity index (χ0n) is 17.6. The summed E-state index contributed by atoms with van der Waals surface area (Å²) in [4.78, 5) is 33.0. The summed E-state index contributed by atoms with van der Waals surface area (Å²) in [7, 11) is 0. The lowest BCUT2D eigenvalue weighted by molar-refractivity contribution is -0.141. The first-order chi connectivity index (χ1) is 15.6. The zero-order valence-corrected chi connectivity index (χ0v) is 18.4. The highest BCUT2D eigenvalue weighted by molar-refractivity contribution is 6.33. The van der Waals surface area contributed by atoms with Gasteiger partial charge in [-0.2, -0.15) is 13.2 Å². The van der Waals surface area contributed by atoms with Gasteiger partial charge in [0.2, 0.25) is 5.91 Å². The number of aromatic nitrogens is 2. The van der Waals surface area contributed by atoms with Crippen molar-refractivity contribution in [2.24, 2.45) is 0 Å². The van der Waals surface area contributed by atoms with Crippen molar-refractivity contribution in [2.45, 2.75) is 44.4 Å². The normalized spacial score (nSPS) is 19.9. The maximum absolute atomic E-state index is 13.8. The summed E-state index contributed by atoms with van der Waals surface area (Å²) >= 11 is 6.39. The molecule has 174 valence electrons. The monoisotopic (exact) mass is 480 g/mol. The summed E-state index contributed by atoms with van der Waals surface area (Å²) < 4.78 is 47.6. The molecular formula is C22H20ClF3N4O3. The van der Waals surface area contributed by atoms with Crippen molar-refractivity contribution in [1.29, 1.82) is 0 Å². The van der Waals surface area contributed by atoms with E-state index in [1.165, 1.54) is 29.7 Å². The number of furan rings is 1. The van der Waals surface area contributed by atoms with E-state index in [2.05, 4.69) is 4.98 Å². The number of halogens is 4. The first-order valence-electron chi connectivity index (χ1n) is 10.6. The summed E-state index contributed by atoms with van der Waals surface area (Å²) in [5.41, 5.74) is -1.19. The van der Waals surface area contributed by atoms with Crippen LogP contribution in [0.2, 0.25) is 5.15 Å². The maximum Gasteiger partial charge on any atom is 0.420 e. The van der Waals surface area contributed by atoms with Gasteiger partial charge in [-0.15, -0.1) is 0 Å². The number of imidazole rings is 1. The third kappa shape index (κ3) is 3.66. The molecule has 0 aromatic carbocycles. The molecule has 1 aliphatic heterocycles. The number of hydrogen-bond donors (Lipinski definition) is 0. The Morgan fingerprint density at radius 1 is 1.27 bits per heavy atom. The Morgan fingerprint density at radius 3 is 2.64 bits per heavy atom. The van der Waals surface area contributed by atoms with E-state index < -0.39 is 23.3 Å². The summed E-state index contributed by atoms with van der Waals surface area (Å²) in [6.45, 7) is 2.02. The fourth-order valence-corrected chi connectivity index (χ4v) is 4.64. The minimum absolute atomic E-state index is 0.160. The molecule has 1 saturated carbocycles. The summed E-state index contributed by atoms with van der Waals surface area (Å²) in [5.74, 6) is -0.847. The molecule has 1 atom stereocenters. The molecule has 1 unspecified atom stereocenters. The molecule has 1 saturated heterocycles. The number of amides is 2. The number of hydrogen-bond acceptors (Lipinski definition) is 4. The first-order valence-corrected chi connectivity index (χ1v) is 10.9. The summed E-state index contributed by atoms with van der Waals surface area (Å²) in [6.07, 6.45) is 2.28. The van der Waals surface area contributed by atoms with Gasteiger partial charge in [-0.05, 0) is 38.3 Å². The van der Waals surface area contributed by atoms with Crippen molar-refractivity contribution in [2.75, 3.05) is 13.1 Å². The van der Waals surface area contributed by atoms with Gasteiger partial charge < -0.3 is 14.2 Å². The van der Waals surface area contributed by atoms with Crippen molar-refractivity contribution >= 4 is 29.1 Å². The highest BCUT2D eigenvalue weighted by Crippen LogP contribution is 2.37. The Morgan fingerprint density at radius 2 is 2.03 bits per heavy atom. The van der Waals surface area contributed by atoms with Crippen LogP contribution in [0.3, 0.4) is 0 Å². The SMILES string of the molecule is CC1CN(C2CCC2)C(=O)CN1C(=O)c1nc2c(C(F)(F)F)cc(-c3ccoc3)cn2c1Cl. The van der Waals surface area contributed by atoms with Gasteiger partial charge in [0.15, 0.2) is 11.3 Å². The molecule has 11 heteroatoms. The maximum atomic E-state index is 13.8. The average Bonchev–Trinajstić information content (AvgIpc) is 3.36. The zero-order chi connectivity index (χ0) is 23.5. The van der Waals surface area contributed by atoms with Crippen LogP contribution in [-0.2, 0) is 11.0 Å². The predicted molar refractivity (Wildman–Crippen MR) is 113 cm³/mol. The van der Waals surface area contributed by atoms with Gasteiger partial charge in [0.1, 0.15) is 11.7 Å². The standard InChI is InChI=1S/C22H20ClF3N4O3/c1-12-8-29(15-3-2-4-15)17(31)10-28(12)21(32)18-19(23)30-9-14(13-5-6-33-11-13)7-16(20(30)27-18)22(24,25)26/h5-7,9,11-12,15H,2-4,8,10H2,1H3. The summed E-state index contributed by atoms with van der Waals surface area (Å²) in [6, 6.07) is 2.35. The molecule has 33 heavy (non-hydrogen) atoms. The van der Waals surface area contributed by atoms with Crippen molar-refractivity contribution in [1.82, 2.24) is 19.2 Å². The molecule has 2 amide bonds. The van der Waals surface area contributed by atoms with Gasteiger partial charge in [0.25, 0.3) is 5.91 Å². The topological polar surface area (TPSA) is 71.1 Å². The highest BCUT2D eigenvalue weighted by Gasteiger charge is 2.40. The second-order valence-electron chi connectivity index (χ2n) is 8.51. The second kappa shape index (κ2) is 7.79. The van der Waals surface area contributed by atoms with Crippen molar-refractivity contribution in [3.63, 3.8) is 0 Å². The summed E-state index contributed by atoms with van der Waals surface area (Å²) in [5, 5.41) is -0.244. The van der Waals surface area contributed by atoms with E-state index >= 15 is 0 Å². The molecule has 0 N–H and O–H groups in total. The minimum atomic E-state index is -4.73. The van der Waals surface area contributed by atoms with Crippen LogP contribution in [0.1, 0.15) is 42.2 Å². The second-order valence-corrected chi connectivity index (χ2v) is 8.87. The molecular weight excluding hydrogens is 461 g/mol. The van der Waals surface area contributed by atoms with Gasteiger partial charge in [0.05, 0.1) is 18.1 Å². The molecule has 7 nitrogen and oxygen atoms in total. The van der Waals surface area contributed by atoms with E-state index in [9.17, 15) is 22.8 Å². The molecule has 5 rings (SSSR count). The smallest absolute Gasteiger partial charge is 0.420 e. The number of pyridine rings is 1. The van der Waals surface area contributed by atoms with E-state index in [1.54, 1.807) is 11.8 Å². The Balaban J connectivity index is 1.54.